The Morgan fingerprint density at radius 1 is 1.06 bits per heavy atom. The number of hydrogen-bond acceptors (Lipinski definition) is 4. The molecule has 4 heteroatoms. The first-order chi connectivity index (χ1) is 8.28. The molecule has 100 valence electrons. The molecule has 0 amide bonds. The summed E-state index contributed by atoms with van der Waals surface area (Å²) < 4.78 is 11.6. The van der Waals surface area contributed by atoms with Gasteiger partial charge in [0.25, 0.3) is 0 Å². The lowest BCUT2D eigenvalue weighted by Gasteiger charge is -2.28. The van der Waals surface area contributed by atoms with Gasteiger partial charge in [-0.25, -0.2) is 0 Å². The summed E-state index contributed by atoms with van der Waals surface area (Å²) in [6, 6.07) is 0. The van der Waals surface area contributed by atoms with Gasteiger partial charge < -0.3 is 20.1 Å². The molecule has 2 aliphatic heterocycles. The fourth-order valence-electron chi connectivity index (χ4n) is 2.81. The zero-order valence-corrected chi connectivity index (χ0v) is 10.9. The van der Waals surface area contributed by atoms with Gasteiger partial charge in [-0.05, 0) is 39.2 Å². The van der Waals surface area contributed by atoms with Gasteiger partial charge >= 0.3 is 0 Å². The highest BCUT2D eigenvalue weighted by molar-refractivity contribution is 4.77. The summed E-state index contributed by atoms with van der Waals surface area (Å²) in [4.78, 5) is 2.35. The quantitative estimate of drug-likeness (QED) is 0.781. The summed E-state index contributed by atoms with van der Waals surface area (Å²) in [7, 11) is 2.16. The Labute approximate surface area is 104 Å². The van der Waals surface area contributed by atoms with Gasteiger partial charge in [0.2, 0.25) is 0 Å². The largest absolute Gasteiger partial charge is 0.377 e. The first-order valence-electron chi connectivity index (χ1n) is 6.93. The highest BCUT2D eigenvalue weighted by atomic mass is 16.5. The minimum Gasteiger partial charge on any atom is -0.377 e. The first kappa shape index (κ1) is 13.3. The van der Waals surface area contributed by atoms with Gasteiger partial charge in [0.1, 0.15) is 0 Å². The Balaban J connectivity index is 1.64. The van der Waals surface area contributed by atoms with E-state index in [1.54, 1.807) is 0 Å². The molecule has 0 spiro atoms. The Kier molecular flexibility index (Phi) is 5.22. The van der Waals surface area contributed by atoms with Crippen molar-refractivity contribution in [3.63, 3.8) is 0 Å². The van der Waals surface area contributed by atoms with Crippen LogP contribution in [-0.4, -0.2) is 56.5 Å². The number of rotatable bonds is 5. The molecule has 17 heavy (non-hydrogen) atoms. The highest BCUT2D eigenvalue weighted by Crippen LogP contribution is 2.20. The molecule has 2 N–H and O–H groups in total. The predicted molar refractivity (Wildman–Crippen MR) is 68.0 cm³/mol. The Morgan fingerprint density at radius 3 is 2.47 bits per heavy atom. The molecule has 2 heterocycles. The van der Waals surface area contributed by atoms with E-state index in [1.165, 1.54) is 19.3 Å². The summed E-state index contributed by atoms with van der Waals surface area (Å²) in [5.41, 5.74) is 5.62. The molecule has 0 aromatic heterocycles. The van der Waals surface area contributed by atoms with Crippen LogP contribution in [0.3, 0.4) is 0 Å². The smallest absolute Gasteiger partial charge is 0.0707 e. The van der Waals surface area contributed by atoms with Crippen LogP contribution in [-0.2, 0) is 9.47 Å². The van der Waals surface area contributed by atoms with E-state index in [-0.39, 0.29) is 0 Å². The Morgan fingerprint density at radius 2 is 1.82 bits per heavy atom. The maximum atomic E-state index is 5.86. The van der Waals surface area contributed by atoms with Crippen LogP contribution in [0.4, 0.5) is 0 Å². The van der Waals surface area contributed by atoms with Gasteiger partial charge in [-0.1, -0.05) is 0 Å². The van der Waals surface area contributed by atoms with E-state index in [9.17, 15) is 0 Å². The summed E-state index contributed by atoms with van der Waals surface area (Å²) in [5.74, 6) is 0. The second-order valence-electron chi connectivity index (χ2n) is 5.40. The van der Waals surface area contributed by atoms with E-state index in [2.05, 4.69) is 11.9 Å². The maximum Gasteiger partial charge on any atom is 0.0707 e. The molecule has 3 unspecified atom stereocenters. The van der Waals surface area contributed by atoms with Gasteiger partial charge in [-0.2, -0.15) is 0 Å². The second kappa shape index (κ2) is 6.69. The molecule has 0 aromatic rings. The molecule has 2 rings (SSSR count). The van der Waals surface area contributed by atoms with Crippen LogP contribution < -0.4 is 5.73 Å². The van der Waals surface area contributed by atoms with Crippen molar-refractivity contribution in [2.24, 2.45) is 5.73 Å². The monoisotopic (exact) mass is 242 g/mol. The highest BCUT2D eigenvalue weighted by Gasteiger charge is 2.26. The minimum atomic E-state index is 0.291. The van der Waals surface area contributed by atoms with E-state index < -0.39 is 0 Å². The number of ether oxygens (including phenoxy) is 2. The van der Waals surface area contributed by atoms with Gasteiger partial charge in [-0.3, -0.25) is 0 Å². The molecule has 0 radical (unpaired) electrons. The van der Waals surface area contributed by atoms with E-state index >= 15 is 0 Å². The molecule has 3 atom stereocenters. The van der Waals surface area contributed by atoms with Crippen LogP contribution in [0.15, 0.2) is 0 Å². The van der Waals surface area contributed by atoms with Gasteiger partial charge in [0.05, 0.1) is 18.3 Å². The molecule has 0 aliphatic carbocycles. The number of hydrogen-bond donors (Lipinski definition) is 1. The van der Waals surface area contributed by atoms with Crippen molar-refractivity contribution in [2.75, 3.05) is 33.3 Å². The van der Waals surface area contributed by atoms with E-state index in [0.717, 1.165) is 32.5 Å². The normalized spacial score (nSPS) is 34.4. The fraction of sp³-hybridized carbons (Fsp3) is 1.00. The molecular weight excluding hydrogens is 216 g/mol. The van der Waals surface area contributed by atoms with Gasteiger partial charge in [-0.15, -0.1) is 0 Å². The van der Waals surface area contributed by atoms with Crippen LogP contribution in [0.1, 0.15) is 32.1 Å². The molecule has 0 aromatic carbocycles. The van der Waals surface area contributed by atoms with Crippen LogP contribution >= 0.6 is 0 Å². The minimum absolute atomic E-state index is 0.291. The summed E-state index contributed by atoms with van der Waals surface area (Å²) in [6.07, 6.45) is 7.11. The number of likely N-dealkylation sites (N-methyl/N-ethyl adjacent to an activating group) is 1. The molecule has 2 aliphatic rings. The van der Waals surface area contributed by atoms with Crippen molar-refractivity contribution in [1.29, 1.82) is 0 Å². The topological polar surface area (TPSA) is 47.7 Å². The molecule has 0 saturated carbocycles. The molecule has 2 fully saturated rings. The zero-order chi connectivity index (χ0) is 12.1. The Hall–Kier alpha value is -0.160. The molecular formula is C13H26N2O2. The lowest BCUT2D eigenvalue weighted by molar-refractivity contribution is -0.0160. The Bertz CT molecular complexity index is 219. The summed E-state index contributed by atoms with van der Waals surface area (Å²) >= 11 is 0. The van der Waals surface area contributed by atoms with E-state index in [0.29, 0.717) is 24.9 Å². The average Bonchev–Trinajstić information content (AvgIpc) is 2.78. The predicted octanol–water partition coefficient (Wildman–Crippen LogP) is 0.994. The first-order valence-corrected chi connectivity index (χ1v) is 6.93. The molecule has 2 saturated heterocycles. The zero-order valence-electron chi connectivity index (χ0n) is 10.9. The summed E-state index contributed by atoms with van der Waals surface area (Å²) in [5, 5.41) is 0. The fourth-order valence-corrected chi connectivity index (χ4v) is 2.81. The van der Waals surface area contributed by atoms with Gasteiger partial charge in [0.15, 0.2) is 0 Å². The third-order valence-electron chi connectivity index (χ3n) is 3.76. The van der Waals surface area contributed by atoms with Crippen LogP contribution in [0.25, 0.3) is 0 Å². The lowest BCUT2D eigenvalue weighted by atomic mass is 10.1. The van der Waals surface area contributed by atoms with Crippen molar-refractivity contribution in [2.45, 2.75) is 50.4 Å². The lowest BCUT2D eigenvalue weighted by Crippen LogP contribution is -2.37. The van der Waals surface area contributed by atoms with E-state index in [4.69, 9.17) is 15.2 Å². The number of nitrogens with two attached hydrogens (primary N) is 1. The van der Waals surface area contributed by atoms with Crippen LogP contribution in [0.5, 0.6) is 0 Å². The van der Waals surface area contributed by atoms with Crippen molar-refractivity contribution in [3.8, 4) is 0 Å². The maximum absolute atomic E-state index is 5.86. The molecule has 0 bridgehead atoms. The van der Waals surface area contributed by atoms with Crippen LogP contribution in [0.2, 0.25) is 0 Å². The molecule has 4 nitrogen and oxygen atoms in total. The van der Waals surface area contributed by atoms with Crippen molar-refractivity contribution in [1.82, 2.24) is 4.90 Å². The van der Waals surface area contributed by atoms with Crippen molar-refractivity contribution >= 4 is 0 Å². The van der Waals surface area contributed by atoms with E-state index in [1.807, 2.05) is 0 Å². The average molecular weight is 242 g/mol. The number of nitrogens with zero attached hydrogens (tertiary/aromatic N) is 1. The second-order valence-corrected chi connectivity index (χ2v) is 5.40. The van der Waals surface area contributed by atoms with Crippen molar-refractivity contribution < 1.29 is 9.47 Å². The van der Waals surface area contributed by atoms with Crippen LogP contribution in [0, 0.1) is 0 Å². The third kappa shape index (κ3) is 4.21. The standard InChI is InChI=1S/C13H26N2O2/c1-15(9-12-4-2-3-7-16-12)10-13-6-5-11(8-14)17-13/h11-13H,2-10,14H2,1H3. The SMILES string of the molecule is CN(CC1CCCCO1)CC1CCC(CN)O1. The van der Waals surface area contributed by atoms with Crippen molar-refractivity contribution in [3.05, 3.63) is 0 Å². The third-order valence-corrected chi connectivity index (χ3v) is 3.76. The van der Waals surface area contributed by atoms with Gasteiger partial charge in [0, 0.05) is 26.2 Å². The summed E-state index contributed by atoms with van der Waals surface area (Å²) in [6.45, 7) is 3.64.